The van der Waals surface area contributed by atoms with Crippen molar-refractivity contribution in [3.63, 3.8) is 0 Å². The first-order chi connectivity index (χ1) is 18.0. The average molecular weight is 596 g/mol. The van der Waals surface area contributed by atoms with E-state index in [1.165, 1.54) is 19.1 Å². The second kappa shape index (κ2) is 12.6. The van der Waals surface area contributed by atoms with E-state index in [-0.39, 0.29) is 67.8 Å². The van der Waals surface area contributed by atoms with Crippen LogP contribution in [0, 0.1) is 6.92 Å². The third kappa shape index (κ3) is 6.55. The molecule has 0 aliphatic rings. The number of amides is 1. The number of halogens is 2. The molecule has 0 fully saturated rings. The van der Waals surface area contributed by atoms with Crippen molar-refractivity contribution in [2.45, 2.75) is 18.7 Å². The van der Waals surface area contributed by atoms with Crippen LogP contribution in [0.3, 0.4) is 0 Å². The standard InChI is InChI=1S/C26H21Cl2N3O6S.Na/c1-3-37-20-10-6-9-19(28)24(20)29-26(33)17-13-15-7-4-5-8-16(15)23(25(17)32)31-30-22-14(2)18(27)11-12-21(22)38(34,35)36;/h4-13,32H,3H2,1-2H3,(H,29,33)(H,34,35,36);/q;+1/p-1. The molecule has 1 amide bonds. The molecule has 9 nitrogen and oxygen atoms in total. The molecule has 0 spiro atoms. The summed E-state index contributed by atoms with van der Waals surface area (Å²) in [5.74, 6) is -1.19. The molecule has 0 saturated heterocycles. The number of nitrogens with zero attached hydrogens (tertiary/aromatic N) is 2. The fourth-order valence-electron chi connectivity index (χ4n) is 3.74. The molecule has 0 bridgehead atoms. The van der Waals surface area contributed by atoms with Gasteiger partial charge in [0, 0.05) is 16.0 Å². The fourth-order valence-corrected chi connectivity index (χ4v) is 4.79. The molecule has 4 aromatic carbocycles. The van der Waals surface area contributed by atoms with Gasteiger partial charge in [-0.25, -0.2) is 0 Å². The Kier molecular flexibility index (Phi) is 10.0. The monoisotopic (exact) mass is 595 g/mol. The van der Waals surface area contributed by atoms with Gasteiger partial charge in [0.15, 0.2) is 0 Å². The van der Waals surface area contributed by atoms with Gasteiger partial charge in [-0.2, -0.15) is 13.5 Å². The van der Waals surface area contributed by atoms with Gasteiger partial charge < -0.3 is 15.2 Å². The number of hydrogen-bond acceptors (Lipinski definition) is 7. The number of anilines is 1. The number of azo groups is 1. The Morgan fingerprint density at radius 2 is 1.72 bits per heavy atom. The number of para-hydroxylation sites is 1. The first kappa shape index (κ1) is 30.8. The zero-order valence-corrected chi connectivity index (χ0v) is 25.4. The van der Waals surface area contributed by atoms with E-state index in [2.05, 4.69) is 15.5 Å². The Hall–Kier alpha value is -2.70. The summed E-state index contributed by atoms with van der Waals surface area (Å²) in [7, 11) is -4.68. The summed E-state index contributed by atoms with van der Waals surface area (Å²) in [6.45, 7) is 3.59. The third-order valence-corrected chi connectivity index (χ3v) is 7.20. The van der Waals surface area contributed by atoms with E-state index in [0.717, 1.165) is 6.07 Å². The van der Waals surface area contributed by atoms with Crippen molar-refractivity contribution in [1.29, 1.82) is 0 Å². The predicted octanol–water partition coefficient (Wildman–Crippen LogP) is 3.85. The van der Waals surface area contributed by atoms with Crippen LogP contribution in [-0.4, -0.2) is 25.5 Å². The molecule has 0 aromatic heterocycles. The minimum Gasteiger partial charge on any atom is -0.870 e. The molecule has 0 atom stereocenters. The van der Waals surface area contributed by atoms with Crippen LogP contribution in [0.5, 0.6) is 11.5 Å². The van der Waals surface area contributed by atoms with Crippen LogP contribution in [0.15, 0.2) is 75.8 Å². The summed E-state index contributed by atoms with van der Waals surface area (Å²) in [6, 6.07) is 15.3. The summed E-state index contributed by atoms with van der Waals surface area (Å²) in [5.41, 5.74) is -0.283. The quantitative estimate of drug-likeness (QED) is 0.189. The van der Waals surface area contributed by atoms with Crippen molar-refractivity contribution in [1.82, 2.24) is 0 Å². The number of rotatable bonds is 7. The summed E-state index contributed by atoms with van der Waals surface area (Å²) in [6.07, 6.45) is 0. The van der Waals surface area contributed by atoms with Gasteiger partial charge in [0.2, 0.25) is 0 Å². The Balaban J connectivity index is 0.00000420. The second-order valence-electron chi connectivity index (χ2n) is 8.02. The van der Waals surface area contributed by atoms with Gasteiger partial charge >= 0.3 is 29.6 Å². The second-order valence-corrected chi connectivity index (χ2v) is 10.2. The summed E-state index contributed by atoms with van der Waals surface area (Å²) < 4.78 is 39.0. The minimum atomic E-state index is -4.68. The van der Waals surface area contributed by atoms with E-state index >= 15 is 0 Å². The van der Waals surface area contributed by atoms with E-state index in [4.69, 9.17) is 27.9 Å². The molecule has 0 heterocycles. The van der Waals surface area contributed by atoms with Gasteiger partial charge in [-0.1, -0.05) is 59.3 Å². The number of carbonyl (C=O) groups excluding carboxylic acids is 1. The molecule has 13 heteroatoms. The number of carbonyl (C=O) groups is 1. The molecule has 196 valence electrons. The molecular weight excluding hydrogens is 576 g/mol. The van der Waals surface area contributed by atoms with E-state index < -0.39 is 26.7 Å². The smallest absolute Gasteiger partial charge is 0.870 e. The molecule has 39 heavy (non-hydrogen) atoms. The van der Waals surface area contributed by atoms with Crippen molar-refractivity contribution < 1.29 is 57.2 Å². The summed E-state index contributed by atoms with van der Waals surface area (Å²) in [5, 5.41) is 25.4. The maximum absolute atomic E-state index is 13.5. The number of benzene rings is 4. The Bertz CT molecular complexity index is 1710. The van der Waals surface area contributed by atoms with Gasteiger partial charge in [-0.15, -0.1) is 5.11 Å². The molecule has 0 radical (unpaired) electrons. The minimum absolute atomic E-state index is 0. The Morgan fingerprint density at radius 3 is 2.41 bits per heavy atom. The zero-order chi connectivity index (χ0) is 27.6. The Morgan fingerprint density at radius 1 is 1.03 bits per heavy atom. The topological polar surface area (TPSA) is 140 Å². The van der Waals surface area contributed by atoms with Crippen molar-refractivity contribution in [3.05, 3.63) is 81.8 Å². The first-order valence-corrected chi connectivity index (χ1v) is 13.4. The van der Waals surface area contributed by atoms with Crippen LogP contribution in [-0.2, 0) is 10.1 Å². The number of hydrogen-bond donors (Lipinski definition) is 2. The van der Waals surface area contributed by atoms with Gasteiger partial charge in [0.25, 0.3) is 16.0 Å². The maximum atomic E-state index is 13.5. The van der Waals surface area contributed by atoms with E-state index in [0.29, 0.717) is 23.1 Å². The molecular formula is C26H20Cl2N3NaO6S. The van der Waals surface area contributed by atoms with Crippen LogP contribution in [0.4, 0.5) is 17.1 Å². The molecule has 0 unspecified atom stereocenters. The predicted molar refractivity (Wildman–Crippen MR) is 144 cm³/mol. The SMILES string of the molecule is CCOc1cccc(Cl)c1NC(=O)c1cc2ccccc2c(N=Nc2c(S(=O)(=O)O)ccc(Cl)c2C)c1[O-].[Na+]. The van der Waals surface area contributed by atoms with Crippen LogP contribution in [0.2, 0.25) is 10.0 Å². The molecule has 0 aliphatic heterocycles. The maximum Gasteiger partial charge on any atom is 1.00 e. The van der Waals surface area contributed by atoms with Gasteiger partial charge in [-0.3, -0.25) is 9.35 Å². The van der Waals surface area contributed by atoms with Crippen molar-refractivity contribution in [2.24, 2.45) is 10.2 Å². The zero-order valence-electron chi connectivity index (χ0n) is 21.0. The largest absolute Gasteiger partial charge is 1.00 e. The molecule has 4 rings (SSSR count). The number of fused-ring (bicyclic) bond motifs is 1. The molecule has 0 aliphatic carbocycles. The number of ether oxygens (including phenoxy) is 1. The average Bonchev–Trinajstić information content (AvgIpc) is 2.86. The van der Waals surface area contributed by atoms with Crippen LogP contribution >= 0.6 is 23.2 Å². The van der Waals surface area contributed by atoms with Crippen molar-refractivity contribution in [3.8, 4) is 11.5 Å². The molecule has 4 aromatic rings. The van der Waals surface area contributed by atoms with E-state index in [1.54, 1.807) is 49.4 Å². The number of nitrogens with one attached hydrogen (secondary N) is 1. The molecule has 2 N–H and O–H groups in total. The Labute approximate surface area is 256 Å². The summed E-state index contributed by atoms with van der Waals surface area (Å²) in [4.78, 5) is 12.7. The van der Waals surface area contributed by atoms with E-state index in [9.17, 15) is 22.9 Å². The van der Waals surface area contributed by atoms with Crippen molar-refractivity contribution >= 4 is 67.1 Å². The van der Waals surface area contributed by atoms with Crippen molar-refractivity contribution in [2.75, 3.05) is 11.9 Å². The van der Waals surface area contributed by atoms with E-state index in [1.807, 2.05) is 0 Å². The van der Waals surface area contributed by atoms with Crippen LogP contribution in [0.1, 0.15) is 22.8 Å². The molecule has 0 saturated carbocycles. The van der Waals surface area contributed by atoms with Gasteiger partial charge in [0.05, 0.1) is 17.3 Å². The third-order valence-electron chi connectivity index (χ3n) is 5.59. The normalized spacial score (nSPS) is 11.4. The van der Waals surface area contributed by atoms with Crippen LogP contribution in [0.25, 0.3) is 10.8 Å². The van der Waals surface area contributed by atoms with Gasteiger partial charge in [-0.05, 0) is 55.1 Å². The van der Waals surface area contributed by atoms with Gasteiger partial charge in [0.1, 0.15) is 22.0 Å². The summed E-state index contributed by atoms with van der Waals surface area (Å²) >= 11 is 12.4. The van der Waals surface area contributed by atoms with Crippen LogP contribution < -0.4 is 44.7 Å². The first-order valence-electron chi connectivity index (χ1n) is 11.2. The fraction of sp³-hybridized carbons (Fsp3) is 0.115.